The lowest BCUT2D eigenvalue weighted by molar-refractivity contribution is 0.100. The molecule has 7 nitrogen and oxygen atoms in total. The van der Waals surface area contributed by atoms with E-state index in [1.165, 1.54) is 26.0 Å². The van der Waals surface area contributed by atoms with E-state index < -0.39 is 15.7 Å². The Morgan fingerprint density at radius 1 is 1.10 bits per heavy atom. The Bertz CT molecular complexity index is 1100. The number of amidine groups is 1. The molecule has 0 aliphatic carbocycles. The third-order valence-corrected chi connectivity index (χ3v) is 8.73. The minimum Gasteiger partial charge on any atom is -0.493 e. The van der Waals surface area contributed by atoms with E-state index >= 15 is 0 Å². The summed E-state index contributed by atoms with van der Waals surface area (Å²) in [6.45, 7) is 0.603. The Balaban J connectivity index is 1.59. The Hall–Kier alpha value is -2.52. The van der Waals surface area contributed by atoms with Crippen molar-refractivity contribution in [2.75, 3.05) is 32.3 Å². The monoisotopic (exact) mass is 460 g/mol. The van der Waals surface area contributed by atoms with Gasteiger partial charge in [0.05, 0.1) is 31.8 Å². The van der Waals surface area contributed by atoms with Gasteiger partial charge in [-0.2, -0.15) is 4.99 Å². The van der Waals surface area contributed by atoms with Crippen LogP contribution in [0.15, 0.2) is 53.5 Å². The molecular formula is C22H24N2O5S2. The van der Waals surface area contributed by atoms with E-state index in [0.717, 1.165) is 12.0 Å². The fourth-order valence-corrected chi connectivity index (χ4v) is 7.89. The minimum atomic E-state index is -3.07. The van der Waals surface area contributed by atoms with E-state index in [9.17, 15) is 13.2 Å². The molecular weight excluding hydrogens is 436 g/mol. The van der Waals surface area contributed by atoms with E-state index in [1.54, 1.807) is 18.2 Å². The summed E-state index contributed by atoms with van der Waals surface area (Å²) in [4.78, 5) is 19.3. The lowest BCUT2D eigenvalue weighted by atomic mass is 10.1. The van der Waals surface area contributed by atoms with Crippen molar-refractivity contribution >= 4 is 32.7 Å². The molecule has 2 aliphatic rings. The summed E-state index contributed by atoms with van der Waals surface area (Å²) in [5, 5.41) is 0.485. The normalized spacial score (nSPS) is 23.0. The standard InChI is InChI=1S/C22H24N2O5S2/c1-28-18-9-8-16(12-19(18)29-2)21(25)23-22-24(11-10-15-6-4-3-5-7-15)17-13-31(26,27)14-20(17)30-22/h3-9,12,17,20H,10-11,13-14H2,1-2H3/t17-,20-/m0/s1. The Morgan fingerprint density at radius 3 is 2.55 bits per heavy atom. The lowest BCUT2D eigenvalue weighted by Gasteiger charge is -2.24. The van der Waals surface area contributed by atoms with Gasteiger partial charge in [-0.1, -0.05) is 42.1 Å². The molecule has 0 spiro atoms. The van der Waals surface area contributed by atoms with Gasteiger partial charge in [0.1, 0.15) is 0 Å². The number of sulfone groups is 1. The summed E-state index contributed by atoms with van der Waals surface area (Å²) in [6.07, 6.45) is 0.744. The van der Waals surface area contributed by atoms with Crippen LogP contribution >= 0.6 is 11.8 Å². The number of aliphatic imine (C=N–C) groups is 1. The molecule has 2 aromatic carbocycles. The van der Waals surface area contributed by atoms with Gasteiger partial charge in [-0.3, -0.25) is 4.79 Å². The Labute approximate surface area is 186 Å². The molecule has 2 saturated heterocycles. The van der Waals surface area contributed by atoms with E-state index in [2.05, 4.69) is 4.99 Å². The zero-order valence-corrected chi connectivity index (χ0v) is 19.0. The number of hydrogen-bond acceptors (Lipinski definition) is 6. The van der Waals surface area contributed by atoms with Crippen molar-refractivity contribution in [3.8, 4) is 11.5 Å². The lowest BCUT2D eigenvalue weighted by Crippen LogP contribution is -2.39. The van der Waals surface area contributed by atoms with Gasteiger partial charge in [0.15, 0.2) is 26.5 Å². The average Bonchev–Trinajstić information content (AvgIpc) is 3.23. The predicted octanol–water partition coefficient (Wildman–Crippen LogP) is 2.66. The molecule has 31 heavy (non-hydrogen) atoms. The highest BCUT2D eigenvalue weighted by Gasteiger charge is 2.48. The number of fused-ring (bicyclic) bond motifs is 1. The second-order valence-electron chi connectivity index (χ2n) is 7.50. The molecule has 2 aromatic rings. The maximum absolute atomic E-state index is 12.9. The van der Waals surface area contributed by atoms with E-state index in [-0.39, 0.29) is 22.8 Å². The van der Waals surface area contributed by atoms with Gasteiger partial charge < -0.3 is 14.4 Å². The number of thioether (sulfide) groups is 1. The zero-order valence-electron chi connectivity index (χ0n) is 17.4. The number of methoxy groups -OCH3 is 2. The van der Waals surface area contributed by atoms with Gasteiger partial charge >= 0.3 is 0 Å². The molecule has 4 rings (SSSR count). The molecule has 0 unspecified atom stereocenters. The SMILES string of the molecule is COc1ccc(C(=O)N=C2S[C@H]3CS(=O)(=O)C[C@@H]3N2CCc2ccccc2)cc1OC. The van der Waals surface area contributed by atoms with Crippen LogP contribution in [0, 0.1) is 0 Å². The Morgan fingerprint density at radius 2 is 1.84 bits per heavy atom. The highest BCUT2D eigenvalue weighted by Crippen LogP contribution is 2.38. The first kappa shape index (κ1) is 21.7. The highest BCUT2D eigenvalue weighted by molar-refractivity contribution is 8.15. The van der Waals surface area contributed by atoms with Crippen molar-refractivity contribution in [3.05, 3.63) is 59.7 Å². The summed E-state index contributed by atoms with van der Waals surface area (Å²) in [5.74, 6) is 0.815. The highest BCUT2D eigenvalue weighted by atomic mass is 32.2. The zero-order chi connectivity index (χ0) is 22.0. The molecule has 1 amide bonds. The van der Waals surface area contributed by atoms with Crippen molar-refractivity contribution in [2.45, 2.75) is 17.7 Å². The largest absolute Gasteiger partial charge is 0.493 e. The first-order valence-electron chi connectivity index (χ1n) is 9.93. The first-order chi connectivity index (χ1) is 14.9. The second-order valence-corrected chi connectivity index (χ2v) is 10.9. The van der Waals surface area contributed by atoms with Crippen LogP contribution in [0.5, 0.6) is 11.5 Å². The van der Waals surface area contributed by atoms with Gasteiger partial charge in [-0.25, -0.2) is 8.42 Å². The molecule has 0 saturated carbocycles. The number of hydrogen-bond donors (Lipinski definition) is 0. The summed E-state index contributed by atoms with van der Waals surface area (Å²) >= 11 is 1.39. The van der Waals surface area contributed by atoms with E-state index in [1.807, 2.05) is 35.2 Å². The first-order valence-corrected chi connectivity index (χ1v) is 12.6. The van der Waals surface area contributed by atoms with Crippen molar-refractivity contribution in [1.29, 1.82) is 0 Å². The average molecular weight is 461 g/mol. The summed E-state index contributed by atoms with van der Waals surface area (Å²) < 4.78 is 34.9. The topological polar surface area (TPSA) is 85.3 Å². The maximum atomic E-state index is 12.9. The molecule has 164 valence electrons. The van der Waals surface area contributed by atoms with Crippen LogP contribution in [0.2, 0.25) is 0 Å². The smallest absolute Gasteiger partial charge is 0.279 e. The number of benzene rings is 2. The van der Waals surface area contributed by atoms with Crippen LogP contribution in [-0.2, 0) is 16.3 Å². The fraction of sp³-hybridized carbons (Fsp3) is 0.364. The van der Waals surface area contributed by atoms with Crippen molar-refractivity contribution < 1.29 is 22.7 Å². The van der Waals surface area contributed by atoms with Gasteiger partial charge in [-0.15, -0.1) is 0 Å². The van der Waals surface area contributed by atoms with E-state index in [4.69, 9.17) is 9.47 Å². The van der Waals surface area contributed by atoms with Crippen LogP contribution in [-0.4, -0.2) is 68.0 Å². The van der Waals surface area contributed by atoms with Crippen molar-refractivity contribution in [3.63, 3.8) is 0 Å². The second kappa shape index (κ2) is 8.92. The predicted molar refractivity (Wildman–Crippen MR) is 122 cm³/mol. The number of carbonyl (C=O) groups is 1. The minimum absolute atomic E-state index is 0.0993. The fourth-order valence-electron chi connectivity index (χ4n) is 3.91. The molecule has 2 heterocycles. The summed E-state index contributed by atoms with van der Waals surface area (Å²) in [7, 11) is -0.0294. The van der Waals surface area contributed by atoms with Crippen LogP contribution in [0.25, 0.3) is 0 Å². The number of rotatable bonds is 6. The molecule has 0 bridgehead atoms. The number of ether oxygens (including phenoxy) is 2. The molecule has 0 N–H and O–H groups in total. The van der Waals surface area contributed by atoms with Crippen LogP contribution in [0.3, 0.4) is 0 Å². The summed E-state index contributed by atoms with van der Waals surface area (Å²) in [6, 6.07) is 14.8. The van der Waals surface area contributed by atoms with E-state index in [0.29, 0.717) is 28.8 Å². The molecule has 0 aromatic heterocycles. The van der Waals surface area contributed by atoms with Crippen LogP contribution in [0.1, 0.15) is 15.9 Å². The van der Waals surface area contributed by atoms with Gasteiger partial charge in [0.2, 0.25) is 0 Å². The van der Waals surface area contributed by atoms with Crippen molar-refractivity contribution in [1.82, 2.24) is 4.90 Å². The van der Waals surface area contributed by atoms with Gasteiger partial charge in [0.25, 0.3) is 5.91 Å². The quantitative estimate of drug-likeness (QED) is 0.655. The number of amides is 1. The molecule has 2 aliphatic heterocycles. The molecule has 9 heteroatoms. The molecule has 2 fully saturated rings. The van der Waals surface area contributed by atoms with Crippen molar-refractivity contribution in [2.24, 2.45) is 4.99 Å². The number of nitrogens with zero attached hydrogens (tertiary/aromatic N) is 2. The van der Waals surface area contributed by atoms with Crippen LogP contribution < -0.4 is 9.47 Å². The summed E-state index contributed by atoms with van der Waals surface area (Å²) in [5.41, 5.74) is 1.54. The van der Waals surface area contributed by atoms with Gasteiger partial charge in [-0.05, 0) is 30.2 Å². The Kier molecular flexibility index (Phi) is 6.24. The number of carbonyl (C=O) groups excluding carboxylic acids is 1. The third kappa shape index (κ3) is 4.72. The third-order valence-electron chi connectivity index (χ3n) is 5.49. The van der Waals surface area contributed by atoms with Gasteiger partial charge in [0, 0.05) is 17.4 Å². The molecule has 2 atom stereocenters. The maximum Gasteiger partial charge on any atom is 0.279 e. The van der Waals surface area contributed by atoms with Crippen LogP contribution in [0.4, 0.5) is 0 Å². The molecule has 0 radical (unpaired) electrons.